The molecule has 0 atom stereocenters. The number of carbonyl (C=O) groups is 3. The van der Waals surface area contributed by atoms with E-state index in [1.165, 1.54) is 6.92 Å². The molecule has 23 heavy (non-hydrogen) atoms. The molecule has 1 fully saturated rings. The zero-order valence-electron chi connectivity index (χ0n) is 13.2. The molecule has 1 aromatic rings. The molecular weight excluding hydrogens is 294 g/mol. The monoisotopic (exact) mass is 315 g/mol. The van der Waals surface area contributed by atoms with E-state index in [0.29, 0.717) is 43.9 Å². The number of nitrogens with zero attached hydrogens (tertiary/aromatic N) is 2. The highest BCUT2D eigenvalue weighted by Crippen LogP contribution is 2.11. The molecular formula is C17H21N3O3. The number of carbonyl (C=O) groups excluding carboxylic acids is 3. The molecule has 2 rings (SSSR count). The summed E-state index contributed by atoms with van der Waals surface area (Å²) in [5.41, 5.74) is 1.05. The normalized spacial score (nSPS) is 14.3. The van der Waals surface area contributed by atoms with Crippen LogP contribution in [0.1, 0.15) is 27.6 Å². The minimum atomic E-state index is -0.195. The molecule has 0 spiro atoms. The van der Waals surface area contributed by atoms with Crippen LogP contribution in [0.2, 0.25) is 0 Å². The molecule has 6 nitrogen and oxygen atoms in total. The molecule has 1 heterocycles. The molecule has 1 N–H and O–H groups in total. The molecule has 0 saturated carbocycles. The summed E-state index contributed by atoms with van der Waals surface area (Å²) in [6, 6.07) is 6.58. The Hall–Kier alpha value is -2.63. The lowest BCUT2D eigenvalue weighted by molar-refractivity contribution is -0.130. The summed E-state index contributed by atoms with van der Waals surface area (Å²) in [6.45, 7) is 7.65. The van der Waals surface area contributed by atoms with Gasteiger partial charge in [-0.3, -0.25) is 14.4 Å². The van der Waals surface area contributed by atoms with E-state index in [9.17, 15) is 14.4 Å². The molecule has 1 saturated heterocycles. The highest BCUT2D eigenvalue weighted by atomic mass is 16.2. The van der Waals surface area contributed by atoms with Gasteiger partial charge in [-0.05, 0) is 24.3 Å². The van der Waals surface area contributed by atoms with Crippen LogP contribution in [0.4, 0.5) is 0 Å². The summed E-state index contributed by atoms with van der Waals surface area (Å²) < 4.78 is 0. The predicted octanol–water partition coefficient (Wildman–Crippen LogP) is 0.907. The van der Waals surface area contributed by atoms with Crippen LogP contribution in [0.5, 0.6) is 0 Å². The highest BCUT2D eigenvalue weighted by Gasteiger charge is 2.23. The standard InChI is InChI=1S/C17H21N3O3/c1-3-8-18-16(22)14-4-6-15(7-5-14)17(23)20-11-9-19(10-12-20)13(2)21/h3-7H,1,8-12H2,2H3,(H,18,22). The smallest absolute Gasteiger partial charge is 0.253 e. The van der Waals surface area contributed by atoms with Crippen molar-refractivity contribution in [2.75, 3.05) is 32.7 Å². The highest BCUT2D eigenvalue weighted by molar-refractivity contribution is 5.98. The Balaban J connectivity index is 1.97. The SMILES string of the molecule is C=CCNC(=O)c1ccc(C(=O)N2CCN(C(C)=O)CC2)cc1. The van der Waals surface area contributed by atoms with Crippen LogP contribution in [-0.2, 0) is 4.79 Å². The minimum absolute atomic E-state index is 0.0342. The van der Waals surface area contributed by atoms with Crippen molar-refractivity contribution in [3.05, 3.63) is 48.0 Å². The summed E-state index contributed by atoms with van der Waals surface area (Å²) in [7, 11) is 0. The van der Waals surface area contributed by atoms with Gasteiger partial charge in [-0.15, -0.1) is 6.58 Å². The Labute approximate surface area is 135 Å². The maximum atomic E-state index is 12.4. The molecule has 0 bridgehead atoms. The number of amides is 3. The van der Waals surface area contributed by atoms with Crippen molar-refractivity contribution >= 4 is 17.7 Å². The average Bonchev–Trinajstić information content (AvgIpc) is 2.59. The molecule has 0 aliphatic carbocycles. The van der Waals surface area contributed by atoms with E-state index in [0.717, 1.165) is 0 Å². The van der Waals surface area contributed by atoms with Crippen molar-refractivity contribution in [2.45, 2.75) is 6.92 Å². The summed E-state index contributed by atoms with van der Waals surface area (Å²) in [5.74, 6) is -0.239. The van der Waals surface area contributed by atoms with Crippen molar-refractivity contribution in [2.24, 2.45) is 0 Å². The fourth-order valence-corrected chi connectivity index (χ4v) is 2.44. The van der Waals surface area contributed by atoms with Crippen molar-refractivity contribution < 1.29 is 14.4 Å². The van der Waals surface area contributed by atoms with Gasteiger partial charge in [0.25, 0.3) is 11.8 Å². The van der Waals surface area contributed by atoms with Crippen LogP contribution in [0, 0.1) is 0 Å². The Morgan fingerprint density at radius 2 is 1.57 bits per heavy atom. The molecule has 0 aromatic heterocycles. The van der Waals surface area contributed by atoms with Gasteiger partial charge in [-0.2, -0.15) is 0 Å². The van der Waals surface area contributed by atoms with Gasteiger partial charge in [0.15, 0.2) is 0 Å². The zero-order chi connectivity index (χ0) is 16.8. The van der Waals surface area contributed by atoms with Crippen LogP contribution < -0.4 is 5.32 Å². The quantitative estimate of drug-likeness (QED) is 0.840. The van der Waals surface area contributed by atoms with Gasteiger partial charge in [-0.1, -0.05) is 6.08 Å². The predicted molar refractivity (Wildman–Crippen MR) is 87.1 cm³/mol. The van der Waals surface area contributed by atoms with E-state index in [4.69, 9.17) is 0 Å². The molecule has 3 amide bonds. The number of nitrogens with one attached hydrogen (secondary N) is 1. The first-order valence-corrected chi connectivity index (χ1v) is 7.57. The lowest BCUT2D eigenvalue weighted by Gasteiger charge is -2.34. The van der Waals surface area contributed by atoms with Crippen LogP contribution in [0.3, 0.4) is 0 Å². The fourth-order valence-electron chi connectivity index (χ4n) is 2.44. The maximum absolute atomic E-state index is 12.4. The van der Waals surface area contributed by atoms with Gasteiger partial charge in [0.2, 0.25) is 5.91 Å². The van der Waals surface area contributed by atoms with Gasteiger partial charge in [0.1, 0.15) is 0 Å². The number of hydrogen-bond acceptors (Lipinski definition) is 3. The first-order chi connectivity index (χ1) is 11.0. The second-order valence-corrected chi connectivity index (χ2v) is 5.37. The van der Waals surface area contributed by atoms with E-state index in [1.54, 1.807) is 40.1 Å². The third-order valence-electron chi connectivity index (χ3n) is 3.81. The molecule has 122 valence electrons. The maximum Gasteiger partial charge on any atom is 0.253 e. The van der Waals surface area contributed by atoms with Gasteiger partial charge >= 0.3 is 0 Å². The Bertz CT molecular complexity index is 602. The van der Waals surface area contributed by atoms with Crippen molar-refractivity contribution in [1.82, 2.24) is 15.1 Å². The van der Waals surface area contributed by atoms with Crippen molar-refractivity contribution in [1.29, 1.82) is 0 Å². The van der Waals surface area contributed by atoms with Gasteiger partial charge in [-0.25, -0.2) is 0 Å². The first kappa shape index (κ1) is 16.7. The second-order valence-electron chi connectivity index (χ2n) is 5.37. The Morgan fingerprint density at radius 1 is 1.04 bits per heavy atom. The van der Waals surface area contributed by atoms with E-state index in [-0.39, 0.29) is 17.7 Å². The largest absolute Gasteiger partial charge is 0.349 e. The van der Waals surface area contributed by atoms with Crippen LogP contribution in [0.15, 0.2) is 36.9 Å². The topological polar surface area (TPSA) is 69.7 Å². The average molecular weight is 315 g/mol. The van der Waals surface area contributed by atoms with Gasteiger partial charge in [0.05, 0.1) is 0 Å². The number of hydrogen-bond donors (Lipinski definition) is 1. The van der Waals surface area contributed by atoms with Crippen LogP contribution in [-0.4, -0.2) is 60.2 Å². The van der Waals surface area contributed by atoms with E-state index in [1.807, 2.05) is 0 Å². The number of piperazine rings is 1. The van der Waals surface area contributed by atoms with Crippen molar-refractivity contribution in [3.63, 3.8) is 0 Å². The number of benzene rings is 1. The zero-order valence-corrected chi connectivity index (χ0v) is 13.2. The van der Waals surface area contributed by atoms with E-state index in [2.05, 4.69) is 11.9 Å². The molecule has 1 aliphatic rings. The third kappa shape index (κ3) is 4.18. The summed E-state index contributed by atoms with van der Waals surface area (Å²) in [5, 5.41) is 2.69. The van der Waals surface area contributed by atoms with Gasteiger partial charge in [0, 0.05) is 50.8 Å². The van der Waals surface area contributed by atoms with Crippen LogP contribution >= 0.6 is 0 Å². The summed E-state index contributed by atoms with van der Waals surface area (Å²) in [4.78, 5) is 39.0. The molecule has 1 aliphatic heterocycles. The third-order valence-corrected chi connectivity index (χ3v) is 3.81. The lowest BCUT2D eigenvalue weighted by atomic mass is 10.1. The van der Waals surface area contributed by atoms with Gasteiger partial charge < -0.3 is 15.1 Å². The van der Waals surface area contributed by atoms with E-state index < -0.39 is 0 Å². The molecule has 0 radical (unpaired) electrons. The Kier molecular flexibility index (Phi) is 5.51. The number of rotatable bonds is 4. The van der Waals surface area contributed by atoms with Crippen molar-refractivity contribution in [3.8, 4) is 0 Å². The molecule has 6 heteroatoms. The Morgan fingerprint density at radius 3 is 2.09 bits per heavy atom. The fraction of sp³-hybridized carbons (Fsp3) is 0.353. The second kappa shape index (κ2) is 7.58. The molecule has 1 aromatic carbocycles. The lowest BCUT2D eigenvalue weighted by Crippen LogP contribution is -2.50. The van der Waals surface area contributed by atoms with E-state index >= 15 is 0 Å². The summed E-state index contributed by atoms with van der Waals surface area (Å²) >= 11 is 0. The minimum Gasteiger partial charge on any atom is -0.349 e. The first-order valence-electron chi connectivity index (χ1n) is 7.57. The van der Waals surface area contributed by atoms with Crippen LogP contribution in [0.25, 0.3) is 0 Å². The molecule has 0 unspecified atom stereocenters. The summed E-state index contributed by atoms with van der Waals surface area (Å²) in [6.07, 6.45) is 1.61.